The van der Waals surface area contributed by atoms with Gasteiger partial charge in [-0.1, -0.05) is 33.6 Å². The lowest BCUT2D eigenvalue weighted by atomic mass is 10.1. The highest BCUT2D eigenvalue weighted by Crippen LogP contribution is 2.25. The van der Waals surface area contributed by atoms with Gasteiger partial charge in [-0.2, -0.15) is 0 Å². The molecule has 0 spiro atoms. The van der Waals surface area contributed by atoms with Crippen molar-refractivity contribution in [1.82, 2.24) is 10.3 Å². The summed E-state index contributed by atoms with van der Waals surface area (Å²) in [4.78, 5) is 17.8. The van der Waals surface area contributed by atoms with Crippen molar-refractivity contribution in [2.45, 2.75) is 30.4 Å². The Bertz CT molecular complexity index is 891. The second kappa shape index (κ2) is 9.24. The molecule has 0 saturated heterocycles. The Hall–Kier alpha value is -2.05. The number of halogens is 1. The zero-order chi connectivity index (χ0) is 19.2. The van der Waals surface area contributed by atoms with Gasteiger partial charge in [0.2, 0.25) is 11.8 Å². The number of amides is 1. The summed E-state index contributed by atoms with van der Waals surface area (Å²) < 4.78 is 6.58. The van der Waals surface area contributed by atoms with Crippen LogP contribution in [-0.2, 0) is 11.2 Å². The molecule has 0 fully saturated rings. The summed E-state index contributed by atoms with van der Waals surface area (Å²) in [6.07, 6.45) is 2.29. The van der Waals surface area contributed by atoms with Crippen LogP contribution in [0.4, 0.5) is 0 Å². The van der Waals surface area contributed by atoms with Crippen LogP contribution >= 0.6 is 27.7 Å². The zero-order valence-corrected chi connectivity index (χ0v) is 17.6. The molecule has 3 aromatic rings. The summed E-state index contributed by atoms with van der Waals surface area (Å²) in [5.41, 5.74) is 2.98. The molecule has 3 rings (SSSR count). The molecule has 6 heteroatoms. The number of aryl methyl sites for hydroxylation is 1. The highest BCUT2D eigenvalue weighted by Gasteiger charge is 2.14. The molecule has 0 radical (unpaired) electrons. The van der Waals surface area contributed by atoms with E-state index in [4.69, 9.17) is 4.42 Å². The molecule has 0 aliphatic rings. The lowest BCUT2D eigenvalue weighted by molar-refractivity contribution is -0.120. The number of thioether (sulfide) groups is 1. The molecular formula is C21H21BrN2O2S. The van der Waals surface area contributed by atoms with Gasteiger partial charge in [0, 0.05) is 27.9 Å². The fourth-order valence-electron chi connectivity index (χ4n) is 2.48. The van der Waals surface area contributed by atoms with Crippen LogP contribution in [0.2, 0.25) is 0 Å². The Morgan fingerprint density at radius 1 is 1.19 bits per heavy atom. The maximum atomic E-state index is 12.3. The first-order valence-corrected chi connectivity index (χ1v) is 10.4. The van der Waals surface area contributed by atoms with Crippen LogP contribution in [0.3, 0.4) is 0 Å². The summed E-state index contributed by atoms with van der Waals surface area (Å²) >= 11 is 4.96. The lowest BCUT2D eigenvalue weighted by Gasteiger charge is -2.11. The minimum atomic E-state index is -0.161. The molecule has 0 bridgehead atoms. The quantitative estimate of drug-likeness (QED) is 0.505. The molecule has 140 valence electrons. The predicted molar refractivity (Wildman–Crippen MR) is 113 cm³/mol. The van der Waals surface area contributed by atoms with E-state index < -0.39 is 0 Å². The van der Waals surface area contributed by atoms with Crippen LogP contribution in [0.25, 0.3) is 11.5 Å². The van der Waals surface area contributed by atoms with E-state index in [-0.39, 0.29) is 11.2 Å². The van der Waals surface area contributed by atoms with Crippen LogP contribution in [0.15, 0.2) is 68.6 Å². The Labute approximate surface area is 171 Å². The van der Waals surface area contributed by atoms with E-state index in [1.165, 1.54) is 5.56 Å². The molecule has 1 heterocycles. The van der Waals surface area contributed by atoms with Crippen molar-refractivity contribution in [3.63, 3.8) is 0 Å². The third-order valence-corrected chi connectivity index (χ3v) is 5.67. The molecule has 1 unspecified atom stereocenters. The fraction of sp³-hybridized carbons (Fsp3) is 0.238. The number of hydrogen-bond acceptors (Lipinski definition) is 4. The molecule has 4 nitrogen and oxygen atoms in total. The van der Waals surface area contributed by atoms with Crippen LogP contribution in [0, 0.1) is 6.92 Å². The van der Waals surface area contributed by atoms with E-state index >= 15 is 0 Å². The van der Waals surface area contributed by atoms with Crippen molar-refractivity contribution in [2.24, 2.45) is 0 Å². The molecule has 0 aliphatic heterocycles. The summed E-state index contributed by atoms with van der Waals surface area (Å²) in [7, 11) is 0. The smallest absolute Gasteiger partial charge is 0.233 e. The molecule has 1 aromatic heterocycles. The van der Waals surface area contributed by atoms with Crippen LogP contribution in [0.1, 0.15) is 18.2 Å². The van der Waals surface area contributed by atoms with E-state index in [9.17, 15) is 4.79 Å². The summed E-state index contributed by atoms with van der Waals surface area (Å²) in [5, 5.41) is 2.81. The maximum absolute atomic E-state index is 12.3. The Morgan fingerprint density at radius 2 is 1.89 bits per heavy atom. The van der Waals surface area contributed by atoms with E-state index in [0.717, 1.165) is 20.6 Å². The normalized spacial score (nSPS) is 12.0. The number of nitrogens with zero attached hydrogens (tertiary/aromatic N) is 1. The van der Waals surface area contributed by atoms with Gasteiger partial charge in [0.1, 0.15) is 6.26 Å². The highest BCUT2D eigenvalue weighted by molar-refractivity contribution is 9.10. The maximum Gasteiger partial charge on any atom is 0.233 e. The SMILES string of the molecule is Cc1ccc(-c2nc(CCNC(=O)C(C)Sc3ccc(Br)cc3)co2)cc1. The van der Waals surface area contributed by atoms with Crippen molar-refractivity contribution in [3.05, 3.63) is 70.5 Å². The fourth-order valence-corrected chi connectivity index (χ4v) is 3.64. The monoisotopic (exact) mass is 444 g/mol. The minimum Gasteiger partial charge on any atom is -0.444 e. The van der Waals surface area contributed by atoms with Gasteiger partial charge >= 0.3 is 0 Å². The van der Waals surface area contributed by atoms with Crippen molar-refractivity contribution in [1.29, 1.82) is 0 Å². The first-order valence-electron chi connectivity index (χ1n) is 8.72. The van der Waals surface area contributed by atoms with Crippen LogP contribution < -0.4 is 5.32 Å². The Balaban J connectivity index is 1.47. The third-order valence-electron chi connectivity index (χ3n) is 4.03. The average Bonchev–Trinajstić information content (AvgIpc) is 3.13. The molecule has 2 aromatic carbocycles. The molecule has 1 N–H and O–H groups in total. The van der Waals surface area contributed by atoms with Crippen molar-refractivity contribution in [2.75, 3.05) is 6.54 Å². The second-order valence-corrected chi connectivity index (χ2v) is 8.59. The number of hydrogen-bond donors (Lipinski definition) is 1. The second-order valence-electron chi connectivity index (χ2n) is 6.27. The number of aromatic nitrogens is 1. The molecular weight excluding hydrogens is 424 g/mol. The van der Waals surface area contributed by atoms with Gasteiger partial charge in [-0.3, -0.25) is 4.79 Å². The summed E-state index contributed by atoms with van der Waals surface area (Å²) in [5.74, 6) is 0.626. The van der Waals surface area contributed by atoms with Gasteiger partial charge in [0.05, 0.1) is 10.9 Å². The standard InChI is InChI=1S/C21H21BrN2O2S/c1-14-3-5-16(6-4-14)21-24-18(13-26-21)11-12-23-20(25)15(2)27-19-9-7-17(22)8-10-19/h3-10,13,15H,11-12H2,1-2H3,(H,23,25). The van der Waals surface area contributed by atoms with Crippen LogP contribution in [0.5, 0.6) is 0 Å². The Morgan fingerprint density at radius 3 is 2.59 bits per heavy atom. The molecule has 0 saturated carbocycles. The minimum absolute atomic E-state index is 0.0187. The van der Waals surface area contributed by atoms with Crippen LogP contribution in [-0.4, -0.2) is 22.7 Å². The van der Waals surface area contributed by atoms with E-state index in [0.29, 0.717) is 18.9 Å². The van der Waals surface area contributed by atoms with Gasteiger partial charge in [0.25, 0.3) is 0 Å². The first kappa shape index (κ1) is 19.7. The largest absolute Gasteiger partial charge is 0.444 e. The molecule has 1 atom stereocenters. The zero-order valence-electron chi connectivity index (χ0n) is 15.2. The van der Waals surface area contributed by atoms with E-state index in [1.807, 2.05) is 62.4 Å². The van der Waals surface area contributed by atoms with Crippen molar-refractivity contribution < 1.29 is 9.21 Å². The average molecular weight is 445 g/mol. The highest BCUT2D eigenvalue weighted by atomic mass is 79.9. The topological polar surface area (TPSA) is 55.1 Å². The van der Waals surface area contributed by atoms with Gasteiger partial charge in [0.15, 0.2) is 0 Å². The Kier molecular flexibility index (Phi) is 6.74. The molecule has 1 amide bonds. The summed E-state index contributed by atoms with van der Waals surface area (Å²) in [6, 6.07) is 16.0. The number of nitrogens with one attached hydrogen (secondary N) is 1. The van der Waals surface area contributed by atoms with Crippen molar-refractivity contribution in [3.8, 4) is 11.5 Å². The predicted octanol–water partition coefficient (Wildman–Crippen LogP) is 5.25. The third kappa shape index (κ3) is 5.71. The van der Waals surface area contributed by atoms with Gasteiger partial charge in [-0.05, 0) is 50.2 Å². The molecule has 0 aliphatic carbocycles. The van der Waals surface area contributed by atoms with Gasteiger partial charge in [-0.15, -0.1) is 11.8 Å². The number of carbonyl (C=O) groups excluding carboxylic acids is 1. The number of rotatable bonds is 7. The van der Waals surface area contributed by atoms with Gasteiger partial charge in [-0.25, -0.2) is 4.98 Å². The van der Waals surface area contributed by atoms with Crippen molar-refractivity contribution >= 4 is 33.6 Å². The number of oxazole rings is 1. The first-order chi connectivity index (χ1) is 13.0. The number of carbonyl (C=O) groups is 1. The molecule has 27 heavy (non-hydrogen) atoms. The van der Waals surface area contributed by atoms with E-state index in [1.54, 1.807) is 18.0 Å². The van der Waals surface area contributed by atoms with Gasteiger partial charge < -0.3 is 9.73 Å². The summed E-state index contributed by atoms with van der Waals surface area (Å²) in [6.45, 7) is 4.49. The number of benzene rings is 2. The lowest BCUT2D eigenvalue weighted by Crippen LogP contribution is -2.32. The van der Waals surface area contributed by atoms with E-state index in [2.05, 4.69) is 26.2 Å².